The first-order valence-corrected chi connectivity index (χ1v) is 10.1. The smallest absolute Gasteiger partial charge is 0.258 e. The van der Waals surface area contributed by atoms with Gasteiger partial charge in [-0.25, -0.2) is 15.0 Å². The van der Waals surface area contributed by atoms with Crippen LogP contribution in [0.4, 0.5) is 0 Å². The highest BCUT2D eigenvalue weighted by Crippen LogP contribution is 2.26. The van der Waals surface area contributed by atoms with Crippen molar-refractivity contribution in [2.75, 3.05) is 13.4 Å². The summed E-state index contributed by atoms with van der Waals surface area (Å²) in [6.07, 6.45) is 6.50. The molecule has 0 fully saturated rings. The zero-order valence-corrected chi connectivity index (χ0v) is 17.3. The predicted octanol–water partition coefficient (Wildman–Crippen LogP) is 3.16. The third-order valence-electron chi connectivity index (χ3n) is 3.78. The molecule has 2 aromatic heterocycles. The summed E-state index contributed by atoms with van der Waals surface area (Å²) in [5.41, 5.74) is 1.03. The monoisotopic (exact) mass is 431 g/mol. The maximum Gasteiger partial charge on any atom is 0.258 e. The first-order valence-electron chi connectivity index (χ1n) is 8.51. The van der Waals surface area contributed by atoms with E-state index >= 15 is 0 Å². The number of halogens is 1. The lowest BCUT2D eigenvalue weighted by Crippen LogP contribution is -2.25. The molecule has 0 unspecified atom stereocenters. The van der Waals surface area contributed by atoms with Crippen LogP contribution in [-0.4, -0.2) is 39.2 Å². The Kier molecular flexibility index (Phi) is 7.20. The van der Waals surface area contributed by atoms with E-state index in [4.69, 9.17) is 21.1 Å². The van der Waals surface area contributed by atoms with Gasteiger partial charge in [0.1, 0.15) is 23.7 Å². The van der Waals surface area contributed by atoms with Crippen molar-refractivity contribution in [3.8, 4) is 11.6 Å². The second kappa shape index (κ2) is 10.0. The third-order valence-corrected chi connectivity index (χ3v) is 4.63. The normalized spacial score (nSPS) is 10.4. The van der Waals surface area contributed by atoms with Crippen LogP contribution in [0.15, 0.2) is 48.0 Å². The maximum absolute atomic E-state index is 12.6. The molecule has 10 heteroatoms. The topological polar surface area (TPSA) is 99.1 Å². The highest BCUT2D eigenvalue weighted by Gasteiger charge is 2.17. The second-order valence-electron chi connectivity index (χ2n) is 5.68. The van der Waals surface area contributed by atoms with E-state index in [1.165, 1.54) is 18.0 Å². The summed E-state index contributed by atoms with van der Waals surface area (Å²) in [4.78, 5) is 29.3. The van der Waals surface area contributed by atoms with E-state index in [1.807, 2.05) is 12.3 Å². The maximum atomic E-state index is 12.6. The third kappa shape index (κ3) is 5.55. The van der Waals surface area contributed by atoms with Crippen molar-refractivity contribution < 1.29 is 14.3 Å². The molecule has 3 aromatic rings. The molecular weight excluding hydrogens is 414 g/mol. The summed E-state index contributed by atoms with van der Waals surface area (Å²) in [6.45, 7) is 0.355. The lowest BCUT2D eigenvalue weighted by atomic mass is 10.2. The van der Waals surface area contributed by atoms with Gasteiger partial charge in [0.25, 0.3) is 5.91 Å². The van der Waals surface area contributed by atoms with Crippen LogP contribution in [-0.2, 0) is 13.2 Å². The fraction of sp³-hybridized carbons (Fsp3) is 0.211. The van der Waals surface area contributed by atoms with E-state index in [-0.39, 0.29) is 30.5 Å². The molecule has 0 aliphatic rings. The molecule has 2 heterocycles. The Bertz CT molecular complexity index is 991. The number of methoxy groups -OCH3 is 1. The van der Waals surface area contributed by atoms with Crippen LogP contribution in [0, 0.1) is 0 Å². The lowest BCUT2D eigenvalue weighted by molar-refractivity contribution is 0.0943. The van der Waals surface area contributed by atoms with Crippen LogP contribution in [0.1, 0.15) is 21.7 Å². The minimum Gasteiger partial charge on any atom is -0.495 e. The Labute approximate surface area is 177 Å². The average molecular weight is 432 g/mol. The van der Waals surface area contributed by atoms with Gasteiger partial charge in [-0.15, -0.1) is 0 Å². The van der Waals surface area contributed by atoms with Gasteiger partial charge in [-0.2, -0.15) is 4.98 Å². The number of hydrogen-bond acceptors (Lipinski definition) is 8. The molecule has 0 spiro atoms. The van der Waals surface area contributed by atoms with Gasteiger partial charge in [0, 0.05) is 18.6 Å². The van der Waals surface area contributed by atoms with E-state index in [0.29, 0.717) is 21.8 Å². The fourth-order valence-electron chi connectivity index (χ4n) is 2.34. The first-order chi connectivity index (χ1) is 14.1. The number of nitrogens with one attached hydrogen (secondary N) is 1. The van der Waals surface area contributed by atoms with Gasteiger partial charge >= 0.3 is 0 Å². The lowest BCUT2D eigenvalue weighted by Gasteiger charge is -2.12. The summed E-state index contributed by atoms with van der Waals surface area (Å²) in [5, 5.41) is 3.72. The van der Waals surface area contributed by atoms with Gasteiger partial charge in [0.15, 0.2) is 5.16 Å². The number of carbonyl (C=O) groups excluding carboxylic acids is 1. The Morgan fingerprint density at radius 1 is 1.24 bits per heavy atom. The minimum atomic E-state index is -0.382. The molecule has 29 heavy (non-hydrogen) atoms. The van der Waals surface area contributed by atoms with Crippen LogP contribution in [0.25, 0.3) is 0 Å². The van der Waals surface area contributed by atoms with Crippen molar-refractivity contribution in [2.45, 2.75) is 18.3 Å². The second-order valence-corrected chi connectivity index (χ2v) is 6.86. The number of hydrogen-bond donors (Lipinski definition) is 1. The molecule has 0 atom stereocenters. The summed E-state index contributed by atoms with van der Waals surface area (Å²) in [6, 6.07) is 7.02. The largest absolute Gasteiger partial charge is 0.495 e. The fourth-order valence-corrected chi connectivity index (χ4v) is 2.95. The summed E-state index contributed by atoms with van der Waals surface area (Å²) < 4.78 is 11.0. The Morgan fingerprint density at radius 2 is 2.03 bits per heavy atom. The van der Waals surface area contributed by atoms with Crippen LogP contribution in [0.3, 0.4) is 0 Å². The number of amides is 1. The Morgan fingerprint density at radius 3 is 2.72 bits per heavy atom. The zero-order chi connectivity index (χ0) is 20.6. The van der Waals surface area contributed by atoms with Crippen LogP contribution in [0.2, 0.25) is 5.02 Å². The molecule has 0 radical (unpaired) electrons. The van der Waals surface area contributed by atoms with Crippen LogP contribution >= 0.6 is 23.4 Å². The molecule has 0 aliphatic carbocycles. The Balaban J connectivity index is 1.74. The standard InChI is InChI=1S/C19H18ClN5O3S/c1-27-15-5-4-12(8-14(15)20)11-28-18-13(9-24-19(25-18)29-2)17(26)23-10-16-21-6-3-7-22-16/h3-9H,10-11H2,1-2H3,(H,23,26). The van der Waals surface area contributed by atoms with Gasteiger partial charge < -0.3 is 14.8 Å². The van der Waals surface area contributed by atoms with Crippen molar-refractivity contribution in [1.29, 1.82) is 0 Å². The SMILES string of the molecule is COc1ccc(COc2nc(SC)ncc2C(=O)NCc2ncccn2)cc1Cl. The quantitative estimate of drug-likeness (QED) is 0.429. The van der Waals surface area contributed by atoms with Crippen LogP contribution in [0.5, 0.6) is 11.6 Å². The van der Waals surface area contributed by atoms with E-state index in [2.05, 4.69) is 25.3 Å². The number of carbonyl (C=O) groups is 1. The van der Waals surface area contributed by atoms with Crippen molar-refractivity contribution in [3.05, 3.63) is 64.8 Å². The number of nitrogens with zero attached hydrogens (tertiary/aromatic N) is 4. The number of benzene rings is 1. The van der Waals surface area contributed by atoms with Crippen LogP contribution < -0.4 is 14.8 Å². The molecule has 1 amide bonds. The molecule has 0 aliphatic heterocycles. The van der Waals surface area contributed by atoms with E-state index in [0.717, 1.165) is 5.56 Å². The number of rotatable bonds is 8. The van der Waals surface area contributed by atoms with Gasteiger partial charge in [0.2, 0.25) is 5.88 Å². The molecule has 150 valence electrons. The summed E-state index contributed by atoms with van der Waals surface area (Å²) in [5.74, 6) is 0.874. The first kappa shape index (κ1) is 20.8. The molecular formula is C19H18ClN5O3S. The predicted molar refractivity (Wildman–Crippen MR) is 109 cm³/mol. The van der Waals surface area contributed by atoms with Crippen molar-refractivity contribution >= 4 is 29.3 Å². The number of thioether (sulfide) groups is 1. The van der Waals surface area contributed by atoms with Gasteiger partial charge in [-0.3, -0.25) is 4.79 Å². The van der Waals surface area contributed by atoms with Crippen molar-refractivity contribution in [2.24, 2.45) is 0 Å². The molecule has 1 N–H and O–H groups in total. The van der Waals surface area contributed by atoms with Gasteiger partial charge in [-0.1, -0.05) is 29.4 Å². The zero-order valence-electron chi connectivity index (χ0n) is 15.8. The highest BCUT2D eigenvalue weighted by molar-refractivity contribution is 7.98. The van der Waals surface area contributed by atoms with Gasteiger partial charge in [0.05, 0.1) is 18.7 Å². The molecule has 8 nitrogen and oxygen atoms in total. The van der Waals surface area contributed by atoms with E-state index < -0.39 is 0 Å². The van der Waals surface area contributed by atoms with E-state index in [1.54, 1.807) is 37.7 Å². The van der Waals surface area contributed by atoms with Crippen molar-refractivity contribution in [1.82, 2.24) is 25.3 Å². The highest BCUT2D eigenvalue weighted by atomic mass is 35.5. The molecule has 1 aromatic carbocycles. The molecule has 0 saturated carbocycles. The molecule has 3 rings (SSSR count). The summed E-state index contributed by atoms with van der Waals surface area (Å²) in [7, 11) is 1.55. The minimum absolute atomic E-state index is 0.177. The Hall–Kier alpha value is -2.91. The molecule has 0 bridgehead atoms. The average Bonchev–Trinajstić information content (AvgIpc) is 2.76. The number of ether oxygens (including phenoxy) is 2. The summed E-state index contributed by atoms with van der Waals surface area (Å²) >= 11 is 7.51. The van der Waals surface area contributed by atoms with E-state index in [9.17, 15) is 4.79 Å². The van der Waals surface area contributed by atoms with Crippen molar-refractivity contribution in [3.63, 3.8) is 0 Å². The van der Waals surface area contributed by atoms with Gasteiger partial charge in [-0.05, 0) is 30.0 Å². The molecule has 0 saturated heterocycles. The number of aromatic nitrogens is 4.